The quantitative estimate of drug-likeness (QED) is 0.123. The molecule has 1 atom stereocenters. The molecule has 1 unspecified atom stereocenters. The Balaban J connectivity index is 1.59. The molecule has 43 heavy (non-hydrogen) atoms. The van der Waals surface area contributed by atoms with Gasteiger partial charge in [-0.2, -0.15) is 0 Å². The maximum atomic E-state index is 14.1. The smallest absolute Gasteiger partial charge is 0.334 e. The fraction of sp³-hybridized carbons (Fsp3) is 0.389. The van der Waals surface area contributed by atoms with Crippen molar-refractivity contribution in [1.29, 1.82) is 0 Å². The highest BCUT2D eigenvalue weighted by Crippen LogP contribution is 2.31. The molecule has 0 radical (unpaired) electrons. The Morgan fingerprint density at radius 1 is 0.884 bits per heavy atom. The highest BCUT2D eigenvalue weighted by atomic mass is 35.5. The summed E-state index contributed by atoms with van der Waals surface area (Å²) < 4.78 is 6.08. The summed E-state index contributed by atoms with van der Waals surface area (Å²) in [5.74, 6) is -0.285. The first-order chi connectivity index (χ1) is 20.6. The van der Waals surface area contributed by atoms with Crippen molar-refractivity contribution in [3.05, 3.63) is 112 Å². The van der Waals surface area contributed by atoms with Gasteiger partial charge in [-0.3, -0.25) is 9.89 Å². The number of halogens is 2. The van der Waals surface area contributed by atoms with Gasteiger partial charge < -0.3 is 9.64 Å². The van der Waals surface area contributed by atoms with Crippen LogP contribution in [0.15, 0.2) is 96.0 Å². The van der Waals surface area contributed by atoms with Crippen LogP contribution in [0.25, 0.3) is 0 Å². The van der Waals surface area contributed by atoms with Crippen molar-refractivity contribution in [1.82, 2.24) is 4.90 Å². The Labute approximate surface area is 267 Å². The lowest BCUT2D eigenvalue weighted by molar-refractivity contribution is -0.161. The van der Waals surface area contributed by atoms with Crippen molar-refractivity contribution < 1.29 is 9.53 Å². The van der Waals surface area contributed by atoms with Crippen LogP contribution in [-0.2, 0) is 9.53 Å². The van der Waals surface area contributed by atoms with E-state index in [1.165, 1.54) is 0 Å². The number of anilines is 1. The van der Waals surface area contributed by atoms with Gasteiger partial charge in [0, 0.05) is 49.4 Å². The van der Waals surface area contributed by atoms with Crippen LogP contribution in [0, 0.1) is 0 Å². The summed E-state index contributed by atoms with van der Waals surface area (Å²) in [6.45, 7) is 12.3. The highest BCUT2D eigenvalue weighted by Gasteiger charge is 2.41. The molecule has 228 valence electrons. The van der Waals surface area contributed by atoms with E-state index in [1.807, 2.05) is 94.4 Å². The predicted molar refractivity (Wildman–Crippen MR) is 181 cm³/mol. The molecule has 7 heteroatoms. The number of ether oxygens (including phenoxy) is 1. The zero-order chi connectivity index (χ0) is 30.9. The number of esters is 1. The lowest BCUT2D eigenvalue weighted by atomic mass is 9.88. The Kier molecular flexibility index (Phi) is 11.5. The molecule has 1 heterocycles. The van der Waals surface area contributed by atoms with Crippen molar-refractivity contribution in [2.24, 2.45) is 4.99 Å². The summed E-state index contributed by atoms with van der Waals surface area (Å²) in [4.78, 5) is 24.3. The predicted octanol–water partition coefficient (Wildman–Crippen LogP) is 8.48. The molecular weight excluding hydrogens is 577 g/mol. The Morgan fingerprint density at radius 3 is 2.02 bits per heavy atom. The van der Waals surface area contributed by atoms with Crippen LogP contribution in [0.4, 0.5) is 5.69 Å². The number of hydrogen-bond donors (Lipinski definition) is 0. The van der Waals surface area contributed by atoms with Gasteiger partial charge in [-0.05, 0) is 65.3 Å². The van der Waals surface area contributed by atoms with Gasteiger partial charge in [0.1, 0.15) is 5.60 Å². The lowest BCUT2D eigenvalue weighted by Gasteiger charge is -2.37. The molecule has 0 amide bonds. The maximum Gasteiger partial charge on any atom is 0.334 e. The van der Waals surface area contributed by atoms with Crippen LogP contribution in [0.1, 0.15) is 58.1 Å². The number of carbonyl (C=O) groups excluding carboxylic acids is 1. The SMILES string of the molecule is CC=CCC(CCCN1CCN(c2ccc(Cl)c(Cl)c2)CC1)(N=C(c1ccccc1)c1ccccc1)C(=O)OC(C)(C)C. The zero-order valence-electron chi connectivity index (χ0n) is 25.7. The zero-order valence-corrected chi connectivity index (χ0v) is 27.2. The standard InChI is InChI=1S/C36H43Cl2N3O2/c1-5-6-20-36(34(42)43-35(2,3)4,39-33(28-14-9-7-10-15-28)29-16-11-8-12-17-29)21-13-22-40-23-25-41(26-24-40)30-18-19-31(37)32(38)27-30/h5-12,14-19,27H,13,20-26H2,1-4H3. The van der Waals surface area contributed by atoms with Gasteiger partial charge in [-0.25, -0.2) is 4.79 Å². The van der Waals surface area contributed by atoms with Gasteiger partial charge in [0.2, 0.25) is 0 Å². The fourth-order valence-corrected chi connectivity index (χ4v) is 5.62. The first kappa shape index (κ1) is 32.8. The van der Waals surface area contributed by atoms with Gasteiger partial charge in [-0.1, -0.05) is 96.0 Å². The number of aliphatic imine (C=N–C) groups is 1. The second kappa shape index (κ2) is 15.1. The molecule has 1 fully saturated rings. The van der Waals surface area contributed by atoms with Crippen molar-refractivity contribution in [3.63, 3.8) is 0 Å². The van der Waals surface area contributed by atoms with Crippen LogP contribution in [-0.4, -0.2) is 60.4 Å². The molecular formula is C36H43Cl2N3O2. The summed E-state index contributed by atoms with van der Waals surface area (Å²) in [6.07, 6.45) is 5.87. The van der Waals surface area contributed by atoms with Crippen molar-refractivity contribution in [2.45, 2.75) is 58.1 Å². The molecule has 1 saturated heterocycles. The van der Waals surface area contributed by atoms with Gasteiger partial charge in [-0.15, -0.1) is 0 Å². The highest BCUT2D eigenvalue weighted by molar-refractivity contribution is 6.42. The molecule has 3 aromatic carbocycles. The third-order valence-corrected chi connectivity index (χ3v) is 8.33. The van der Waals surface area contributed by atoms with E-state index in [0.29, 0.717) is 22.9 Å². The maximum absolute atomic E-state index is 14.1. The number of nitrogens with zero attached hydrogens (tertiary/aromatic N) is 3. The molecule has 0 aromatic heterocycles. The molecule has 3 aromatic rings. The average Bonchev–Trinajstić information content (AvgIpc) is 3.00. The van der Waals surface area contributed by atoms with E-state index in [-0.39, 0.29) is 5.97 Å². The molecule has 0 N–H and O–H groups in total. The van der Waals surface area contributed by atoms with E-state index in [0.717, 1.165) is 61.7 Å². The number of carbonyl (C=O) groups is 1. The number of hydrogen-bond acceptors (Lipinski definition) is 5. The van der Waals surface area contributed by atoms with E-state index in [4.69, 9.17) is 32.9 Å². The second-order valence-corrected chi connectivity index (χ2v) is 12.8. The van der Waals surface area contributed by atoms with Crippen molar-refractivity contribution >= 4 is 40.6 Å². The first-order valence-electron chi connectivity index (χ1n) is 15.1. The normalized spacial score (nSPS) is 15.7. The Morgan fingerprint density at radius 2 is 1.49 bits per heavy atom. The summed E-state index contributed by atoms with van der Waals surface area (Å²) in [6, 6.07) is 26.0. The van der Waals surface area contributed by atoms with Crippen molar-refractivity contribution in [3.8, 4) is 0 Å². The van der Waals surface area contributed by atoms with E-state index >= 15 is 0 Å². The van der Waals surface area contributed by atoms with Gasteiger partial charge in [0.05, 0.1) is 15.8 Å². The Bertz CT molecular complexity index is 1350. The summed E-state index contributed by atoms with van der Waals surface area (Å²) in [7, 11) is 0. The van der Waals surface area contributed by atoms with Crippen LogP contribution >= 0.6 is 23.2 Å². The van der Waals surface area contributed by atoms with E-state index < -0.39 is 11.1 Å². The molecule has 1 aliphatic rings. The topological polar surface area (TPSA) is 45.1 Å². The third-order valence-electron chi connectivity index (χ3n) is 7.60. The molecule has 1 aliphatic heterocycles. The van der Waals surface area contributed by atoms with E-state index in [2.05, 4.69) is 34.1 Å². The molecule has 5 nitrogen and oxygen atoms in total. The minimum atomic E-state index is -1.07. The lowest BCUT2D eigenvalue weighted by Crippen LogP contribution is -2.47. The van der Waals surface area contributed by atoms with Crippen LogP contribution < -0.4 is 4.90 Å². The Hall–Kier alpha value is -3.12. The third kappa shape index (κ3) is 9.18. The second-order valence-electron chi connectivity index (χ2n) is 12.0. The molecule has 0 aliphatic carbocycles. The van der Waals surface area contributed by atoms with Crippen molar-refractivity contribution in [2.75, 3.05) is 37.6 Å². The van der Waals surface area contributed by atoms with E-state index in [1.54, 1.807) is 0 Å². The molecule has 0 saturated carbocycles. The summed E-state index contributed by atoms with van der Waals surface area (Å²) in [5.41, 5.74) is 2.14. The van der Waals surface area contributed by atoms with Gasteiger partial charge in [0.15, 0.2) is 5.54 Å². The number of rotatable bonds is 11. The minimum Gasteiger partial charge on any atom is -0.458 e. The number of allylic oxidation sites excluding steroid dienone is 1. The first-order valence-corrected chi connectivity index (χ1v) is 15.8. The molecule has 0 bridgehead atoms. The monoisotopic (exact) mass is 619 g/mol. The van der Waals surface area contributed by atoms with Gasteiger partial charge in [0.25, 0.3) is 0 Å². The number of piperazine rings is 1. The van der Waals surface area contributed by atoms with Crippen LogP contribution in [0.3, 0.4) is 0 Å². The summed E-state index contributed by atoms with van der Waals surface area (Å²) >= 11 is 12.4. The fourth-order valence-electron chi connectivity index (χ4n) is 5.33. The van der Waals surface area contributed by atoms with Crippen LogP contribution in [0.5, 0.6) is 0 Å². The molecule has 0 spiro atoms. The number of benzene rings is 3. The van der Waals surface area contributed by atoms with E-state index in [9.17, 15) is 4.79 Å². The minimum absolute atomic E-state index is 0.285. The largest absolute Gasteiger partial charge is 0.458 e. The summed E-state index contributed by atoms with van der Waals surface area (Å²) in [5, 5.41) is 1.15. The molecule has 4 rings (SSSR count). The average molecular weight is 621 g/mol. The van der Waals surface area contributed by atoms with Gasteiger partial charge >= 0.3 is 5.97 Å². The van der Waals surface area contributed by atoms with Crippen LogP contribution in [0.2, 0.25) is 10.0 Å².